The minimum absolute atomic E-state index is 0.0149. The van der Waals surface area contributed by atoms with Crippen molar-refractivity contribution in [3.05, 3.63) is 58.4 Å². The van der Waals surface area contributed by atoms with E-state index in [1.54, 1.807) is 18.2 Å². The van der Waals surface area contributed by atoms with Gasteiger partial charge in [-0.05, 0) is 94.2 Å². The summed E-state index contributed by atoms with van der Waals surface area (Å²) in [4.78, 5) is 76.5. The van der Waals surface area contributed by atoms with E-state index in [2.05, 4.69) is 21.9 Å². The molecule has 3 heterocycles. The fourth-order valence-corrected chi connectivity index (χ4v) is 10.7. The number of allylic oxidation sites excluding steroid dienone is 2. The van der Waals surface area contributed by atoms with Crippen molar-refractivity contribution in [3.63, 3.8) is 0 Å². The molecule has 5 fully saturated rings. The fourth-order valence-electron chi connectivity index (χ4n) is 9.21. The molecule has 17 heteroatoms. The molecule has 306 valence electrons. The van der Waals surface area contributed by atoms with Crippen LogP contribution < -0.4 is 25.7 Å². The molecule has 2 bridgehead atoms. The number of benzene rings is 1. The predicted octanol–water partition coefficient (Wildman–Crippen LogP) is 3.87. The second kappa shape index (κ2) is 15.7. The third-order valence-corrected chi connectivity index (χ3v) is 14.7. The quantitative estimate of drug-likeness (QED) is 0.345. The van der Waals surface area contributed by atoms with Crippen molar-refractivity contribution in [3.8, 4) is 6.01 Å². The number of carbonyl (C=O) groups excluding carboxylic acids is 4. The van der Waals surface area contributed by atoms with Crippen molar-refractivity contribution in [1.29, 1.82) is 0 Å². The van der Waals surface area contributed by atoms with E-state index < -0.39 is 68.7 Å². The maximum Gasteiger partial charge on any atom is 0.408 e. The lowest BCUT2D eigenvalue weighted by molar-refractivity contribution is -0.142. The largest absolute Gasteiger partial charge is 0.459 e. The van der Waals surface area contributed by atoms with Crippen LogP contribution in [0.2, 0.25) is 5.02 Å². The summed E-state index contributed by atoms with van der Waals surface area (Å²) < 4.78 is 41.6. The summed E-state index contributed by atoms with van der Waals surface area (Å²) in [7, 11) is -3.93. The van der Waals surface area contributed by atoms with Gasteiger partial charge in [-0.15, -0.1) is 6.58 Å². The van der Waals surface area contributed by atoms with Gasteiger partial charge in [0.15, 0.2) is 0 Å². The van der Waals surface area contributed by atoms with Crippen LogP contribution in [0.5, 0.6) is 6.01 Å². The number of ether oxygens (including phenoxy) is 2. The van der Waals surface area contributed by atoms with E-state index >= 15 is 0 Å². The van der Waals surface area contributed by atoms with Gasteiger partial charge in [0.25, 0.3) is 17.5 Å². The Morgan fingerprint density at radius 1 is 1.00 bits per heavy atom. The minimum Gasteiger partial charge on any atom is -0.459 e. The lowest BCUT2D eigenvalue weighted by Crippen LogP contribution is -2.59. The Morgan fingerprint density at radius 3 is 2.51 bits per heavy atom. The van der Waals surface area contributed by atoms with Crippen LogP contribution in [-0.2, 0) is 35.7 Å². The zero-order valence-electron chi connectivity index (χ0n) is 31.7. The molecule has 2 aromatic rings. The van der Waals surface area contributed by atoms with E-state index in [1.165, 1.54) is 15.5 Å². The van der Waals surface area contributed by atoms with E-state index in [4.69, 9.17) is 26.1 Å². The summed E-state index contributed by atoms with van der Waals surface area (Å²) >= 11 is 6.29. The second-order valence-electron chi connectivity index (χ2n) is 16.5. The van der Waals surface area contributed by atoms with E-state index in [-0.39, 0.29) is 55.4 Å². The third-order valence-electron chi connectivity index (χ3n) is 12.7. The molecule has 7 atom stereocenters. The lowest BCUT2D eigenvalue weighted by Gasteiger charge is -2.32. The molecule has 3 N–H and O–H groups in total. The van der Waals surface area contributed by atoms with Gasteiger partial charge in [-0.2, -0.15) is 4.98 Å². The molecule has 0 radical (unpaired) electrons. The van der Waals surface area contributed by atoms with Crippen LogP contribution >= 0.6 is 11.6 Å². The Bertz CT molecular complexity index is 2170. The number of halogens is 1. The highest BCUT2D eigenvalue weighted by molar-refractivity contribution is 7.91. The van der Waals surface area contributed by atoms with Crippen molar-refractivity contribution in [2.75, 3.05) is 6.54 Å². The Labute approximate surface area is 336 Å². The molecule has 8 rings (SSSR count). The highest BCUT2D eigenvalue weighted by Crippen LogP contribution is 2.46. The zero-order valence-corrected chi connectivity index (χ0v) is 33.3. The van der Waals surface area contributed by atoms with Crippen LogP contribution in [0.4, 0.5) is 4.79 Å². The van der Waals surface area contributed by atoms with Crippen LogP contribution in [0.1, 0.15) is 83.5 Å². The van der Waals surface area contributed by atoms with Gasteiger partial charge in [0.1, 0.15) is 29.8 Å². The molecule has 0 unspecified atom stereocenters. The number of hydrogen-bond donors (Lipinski definition) is 3. The van der Waals surface area contributed by atoms with Crippen molar-refractivity contribution in [2.45, 2.75) is 125 Å². The normalized spacial score (nSPS) is 31.5. The average molecular weight is 825 g/mol. The second-order valence-corrected chi connectivity index (χ2v) is 18.9. The van der Waals surface area contributed by atoms with Crippen LogP contribution in [0.3, 0.4) is 0 Å². The van der Waals surface area contributed by atoms with E-state index in [0.717, 1.165) is 32.1 Å². The highest BCUT2D eigenvalue weighted by atomic mass is 35.5. The van der Waals surface area contributed by atoms with Crippen molar-refractivity contribution < 1.29 is 37.1 Å². The van der Waals surface area contributed by atoms with Gasteiger partial charge in [-0.25, -0.2) is 13.2 Å². The van der Waals surface area contributed by atoms with E-state index in [1.807, 2.05) is 12.2 Å². The number of alkyl carbamates (subject to hydrolysis) is 1. The molecular formula is C40H49ClN6O9S. The summed E-state index contributed by atoms with van der Waals surface area (Å²) in [5, 5.41) is 5.77. The first-order chi connectivity index (χ1) is 27.4. The van der Waals surface area contributed by atoms with Gasteiger partial charge in [0.05, 0.1) is 22.7 Å². The first kappa shape index (κ1) is 39.4. The van der Waals surface area contributed by atoms with Gasteiger partial charge in [0, 0.05) is 23.9 Å². The standard InChI is InChI=1S/C40H49ClN6O9S/c1-2-25-21-40(25,37(51)45-57(53,54)28-15-16-28)44-34(48)31-20-27-22-47(31)36(50)33(24-10-5-6-11-24)43-39(52)56-32-13-8-12-23(32)9-4-3-7-18-46-35(49)29-17-14-26(41)19-30(29)42-38(46)55-27/h2-3,7,14,17,19,23-25,27-28,31-33H,1,4-6,8-13,15-16,18,20-22H2,(H,43,52)(H,44,48)(H,45,51)/b7-3+/t23-,25-,27-,31+,32-,33+,40-/m1/s1. The van der Waals surface area contributed by atoms with Gasteiger partial charge in [-0.3, -0.25) is 28.5 Å². The Kier molecular flexibility index (Phi) is 10.9. The summed E-state index contributed by atoms with van der Waals surface area (Å²) in [6.07, 6.45) is 11.6. The third kappa shape index (κ3) is 8.03. The van der Waals surface area contributed by atoms with Crippen molar-refractivity contribution in [1.82, 2.24) is 29.8 Å². The van der Waals surface area contributed by atoms with Gasteiger partial charge >= 0.3 is 6.09 Å². The van der Waals surface area contributed by atoms with Crippen LogP contribution in [0, 0.1) is 17.8 Å². The van der Waals surface area contributed by atoms with Crippen molar-refractivity contribution in [2.24, 2.45) is 17.8 Å². The van der Waals surface area contributed by atoms with Crippen molar-refractivity contribution >= 4 is 56.3 Å². The van der Waals surface area contributed by atoms with Gasteiger partial charge in [-0.1, -0.05) is 42.7 Å². The first-order valence-corrected chi connectivity index (χ1v) is 22.1. The maximum atomic E-state index is 14.8. The highest BCUT2D eigenvalue weighted by Gasteiger charge is 2.62. The topological polar surface area (TPSA) is 195 Å². The smallest absolute Gasteiger partial charge is 0.408 e. The maximum absolute atomic E-state index is 14.8. The van der Waals surface area contributed by atoms with Gasteiger partial charge < -0.3 is 25.0 Å². The first-order valence-electron chi connectivity index (χ1n) is 20.2. The minimum atomic E-state index is -3.93. The monoisotopic (exact) mass is 824 g/mol. The van der Waals surface area contributed by atoms with Crippen LogP contribution in [0.25, 0.3) is 10.9 Å². The molecule has 0 spiro atoms. The zero-order chi connectivity index (χ0) is 40.1. The molecule has 4 amide bonds. The van der Waals surface area contributed by atoms with Gasteiger partial charge in [0.2, 0.25) is 21.8 Å². The van der Waals surface area contributed by atoms with Crippen LogP contribution in [0.15, 0.2) is 47.8 Å². The number of fused-ring (bicyclic) bond motifs is 5. The Hall–Kier alpha value is -4.44. The number of sulfonamides is 1. The SMILES string of the molecule is C=C[C@@H]1C[C@]1(NC(=O)[C@@H]1C[C@@H]2CN1C(=O)[C@H](C1CCCC1)NC(=O)O[C@@H]1CCC[C@H]1CC/C=C/Cn1c(nc3cc(Cl)ccc3c1=O)O2)C(=O)NS(=O)(=O)C1CC1. The molecule has 1 saturated heterocycles. The Balaban J connectivity index is 1.15. The summed E-state index contributed by atoms with van der Waals surface area (Å²) in [6, 6.07) is 2.58. The number of carbonyl (C=O) groups is 4. The molecule has 1 aromatic carbocycles. The number of amides is 4. The number of rotatable bonds is 7. The summed E-state index contributed by atoms with van der Waals surface area (Å²) in [6.45, 7) is 3.82. The predicted molar refractivity (Wildman–Crippen MR) is 210 cm³/mol. The molecule has 6 aliphatic rings. The molecule has 15 nitrogen and oxygen atoms in total. The molecule has 1 aromatic heterocycles. The average Bonchev–Trinajstić information content (AvgIpc) is 3.96. The Morgan fingerprint density at radius 2 is 1.77 bits per heavy atom. The number of hydrogen-bond acceptors (Lipinski definition) is 10. The lowest BCUT2D eigenvalue weighted by atomic mass is 9.96. The number of nitrogens with zero attached hydrogens (tertiary/aromatic N) is 3. The summed E-state index contributed by atoms with van der Waals surface area (Å²) in [5.41, 5.74) is -1.62. The molecule has 2 aliphatic heterocycles. The van der Waals surface area contributed by atoms with Crippen LogP contribution in [-0.4, -0.2) is 88.3 Å². The number of nitrogens with one attached hydrogen (secondary N) is 3. The fraction of sp³-hybridized carbons (Fsp3) is 0.600. The summed E-state index contributed by atoms with van der Waals surface area (Å²) in [5.74, 6) is -2.68. The molecular weight excluding hydrogens is 776 g/mol. The number of aromatic nitrogens is 2. The molecule has 57 heavy (non-hydrogen) atoms. The van der Waals surface area contributed by atoms with E-state index in [9.17, 15) is 32.4 Å². The molecule has 4 aliphatic carbocycles. The molecule has 4 saturated carbocycles. The van der Waals surface area contributed by atoms with E-state index in [0.29, 0.717) is 54.5 Å².